The summed E-state index contributed by atoms with van der Waals surface area (Å²) >= 11 is 0. The molecule has 110 valence electrons. The third-order valence-electron chi connectivity index (χ3n) is 3.99. The van der Waals surface area contributed by atoms with Gasteiger partial charge in [0.15, 0.2) is 0 Å². The topological polar surface area (TPSA) is 61.4 Å². The molecule has 0 bridgehead atoms. The predicted molar refractivity (Wildman–Crippen MR) is 80.8 cm³/mol. The average Bonchev–Trinajstić information content (AvgIpc) is 2.63. The first-order valence-electron chi connectivity index (χ1n) is 7.44. The van der Waals surface area contributed by atoms with Gasteiger partial charge in [0.1, 0.15) is 0 Å². The Morgan fingerprint density at radius 3 is 2.85 bits per heavy atom. The van der Waals surface area contributed by atoms with Gasteiger partial charge in [-0.1, -0.05) is 31.4 Å². The van der Waals surface area contributed by atoms with Crippen LogP contribution < -0.4 is 10.6 Å². The molecule has 2 rings (SSSR count). The average molecular weight is 276 g/mol. The van der Waals surface area contributed by atoms with Crippen molar-refractivity contribution in [2.24, 2.45) is 5.92 Å². The maximum atomic E-state index is 12.1. The van der Waals surface area contributed by atoms with Crippen molar-refractivity contribution >= 4 is 11.7 Å². The lowest BCUT2D eigenvalue weighted by atomic mass is 9.96. The van der Waals surface area contributed by atoms with Gasteiger partial charge in [-0.05, 0) is 37.5 Å². The molecule has 1 aromatic carbocycles. The van der Waals surface area contributed by atoms with Crippen LogP contribution in [0.25, 0.3) is 0 Å². The van der Waals surface area contributed by atoms with Crippen LogP contribution in [0.5, 0.6) is 0 Å². The molecular formula is C16H24N2O2. The van der Waals surface area contributed by atoms with E-state index in [1.54, 1.807) is 0 Å². The molecule has 1 saturated carbocycles. The summed E-state index contributed by atoms with van der Waals surface area (Å²) in [4.78, 5) is 12.1. The van der Waals surface area contributed by atoms with E-state index in [4.69, 9.17) is 0 Å². The van der Waals surface area contributed by atoms with Crippen molar-refractivity contribution in [1.29, 1.82) is 0 Å². The van der Waals surface area contributed by atoms with Gasteiger partial charge < -0.3 is 15.7 Å². The van der Waals surface area contributed by atoms with Gasteiger partial charge in [0, 0.05) is 24.3 Å². The number of amides is 2. The van der Waals surface area contributed by atoms with E-state index in [9.17, 15) is 9.90 Å². The molecule has 0 heterocycles. The largest absolute Gasteiger partial charge is 0.396 e. The molecule has 0 spiro atoms. The Kier molecular flexibility index (Phi) is 5.41. The lowest BCUT2D eigenvalue weighted by Crippen LogP contribution is -2.43. The number of aliphatic hydroxyl groups excluding tert-OH is 1. The van der Waals surface area contributed by atoms with Crippen molar-refractivity contribution in [1.82, 2.24) is 5.32 Å². The lowest BCUT2D eigenvalue weighted by molar-refractivity contribution is 0.182. The highest BCUT2D eigenvalue weighted by atomic mass is 16.3. The number of nitrogens with one attached hydrogen (secondary N) is 2. The Balaban J connectivity index is 1.92. The highest BCUT2D eigenvalue weighted by Crippen LogP contribution is 2.23. The van der Waals surface area contributed by atoms with Crippen LogP contribution in [0.3, 0.4) is 0 Å². The molecule has 1 aliphatic rings. The summed E-state index contributed by atoms with van der Waals surface area (Å²) in [5, 5.41) is 15.3. The summed E-state index contributed by atoms with van der Waals surface area (Å²) in [7, 11) is 0. The van der Waals surface area contributed by atoms with Crippen molar-refractivity contribution in [3.63, 3.8) is 0 Å². The van der Waals surface area contributed by atoms with Gasteiger partial charge in [0.25, 0.3) is 0 Å². The number of carbonyl (C=O) groups is 1. The van der Waals surface area contributed by atoms with Gasteiger partial charge in [-0.3, -0.25) is 0 Å². The molecule has 2 unspecified atom stereocenters. The van der Waals surface area contributed by atoms with Crippen molar-refractivity contribution < 1.29 is 9.90 Å². The van der Waals surface area contributed by atoms with Crippen molar-refractivity contribution in [2.45, 2.75) is 45.1 Å². The fourth-order valence-electron chi connectivity index (χ4n) is 2.85. The van der Waals surface area contributed by atoms with Gasteiger partial charge in [-0.2, -0.15) is 0 Å². The molecule has 1 aliphatic carbocycles. The molecule has 1 aromatic rings. The molecule has 3 N–H and O–H groups in total. The Morgan fingerprint density at radius 1 is 1.30 bits per heavy atom. The van der Waals surface area contributed by atoms with Gasteiger partial charge in [0.05, 0.1) is 0 Å². The molecule has 0 aliphatic heterocycles. The first-order chi connectivity index (χ1) is 9.69. The number of anilines is 1. The Bertz CT molecular complexity index is 448. The SMILES string of the molecule is Cc1cccc(NC(=O)NC2CCCCCC2CO)c1. The number of carbonyl (C=O) groups excluding carboxylic acids is 1. The third kappa shape index (κ3) is 4.23. The molecule has 4 heteroatoms. The third-order valence-corrected chi connectivity index (χ3v) is 3.99. The standard InChI is InChI=1S/C16H24N2O2/c1-12-6-5-8-14(10-12)17-16(20)18-15-9-4-2-3-7-13(15)11-19/h5-6,8,10,13,15,19H,2-4,7,9,11H2,1H3,(H2,17,18,20). The summed E-state index contributed by atoms with van der Waals surface area (Å²) < 4.78 is 0. The minimum atomic E-state index is -0.180. The van der Waals surface area contributed by atoms with Gasteiger partial charge in [0.2, 0.25) is 0 Å². The van der Waals surface area contributed by atoms with Crippen LogP contribution in [0.4, 0.5) is 10.5 Å². The zero-order valence-electron chi connectivity index (χ0n) is 12.1. The monoisotopic (exact) mass is 276 g/mol. The quantitative estimate of drug-likeness (QED) is 0.743. The fraction of sp³-hybridized carbons (Fsp3) is 0.562. The summed E-state index contributed by atoms with van der Waals surface area (Å²) in [5.74, 6) is 0.181. The molecule has 2 atom stereocenters. The number of aliphatic hydroxyl groups is 1. The maximum absolute atomic E-state index is 12.1. The van der Waals surface area contributed by atoms with Crippen LogP contribution >= 0.6 is 0 Å². The lowest BCUT2D eigenvalue weighted by Gasteiger charge is -2.24. The van der Waals surface area contributed by atoms with Crippen LogP contribution in [0, 0.1) is 12.8 Å². The number of benzene rings is 1. The summed E-state index contributed by atoms with van der Waals surface area (Å²) in [6, 6.07) is 7.64. The first-order valence-corrected chi connectivity index (χ1v) is 7.44. The number of hydrogen-bond acceptors (Lipinski definition) is 2. The van der Waals surface area contributed by atoms with Gasteiger partial charge in [-0.25, -0.2) is 4.79 Å². The summed E-state index contributed by atoms with van der Waals surface area (Å²) in [6.45, 7) is 2.14. The van der Waals surface area contributed by atoms with E-state index in [0.717, 1.165) is 36.9 Å². The maximum Gasteiger partial charge on any atom is 0.319 e. The fourth-order valence-corrected chi connectivity index (χ4v) is 2.85. The highest BCUT2D eigenvalue weighted by molar-refractivity contribution is 5.89. The number of aryl methyl sites for hydroxylation is 1. The first kappa shape index (κ1) is 14.9. The highest BCUT2D eigenvalue weighted by Gasteiger charge is 2.24. The molecule has 0 aromatic heterocycles. The van der Waals surface area contributed by atoms with E-state index in [1.165, 1.54) is 6.42 Å². The van der Waals surface area contributed by atoms with Gasteiger partial charge >= 0.3 is 6.03 Å². The minimum absolute atomic E-state index is 0.0762. The molecule has 4 nitrogen and oxygen atoms in total. The molecule has 20 heavy (non-hydrogen) atoms. The van der Waals surface area contributed by atoms with Crippen LogP contribution in [-0.2, 0) is 0 Å². The van der Waals surface area contributed by atoms with Crippen LogP contribution in [0.1, 0.15) is 37.7 Å². The molecular weight excluding hydrogens is 252 g/mol. The summed E-state index contributed by atoms with van der Waals surface area (Å²) in [5.41, 5.74) is 1.92. The molecule has 1 fully saturated rings. The summed E-state index contributed by atoms with van der Waals surface area (Å²) in [6.07, 6.45) is 5.39. The van der Waals surface area contributed by atoms with Crippen LogP contribution in [0.2, 0.25) is 0 Å². The minimum Gasteiger partial charge on any atom is -0.396 e. The molecule has 2 amide bonds. The Hall–Kier alpha value is -1.55. The zero-order valence-corrected chi connectivity index (χ0v) is 12.1. The van der Waals surface area contributed by atoms with Crippen molar-refractivity contribution in [3.05, 3.63) is 29.8 Å². The predicted octanol–water partition coefficient (Wildman–Crippen LogP) is 3.06. The van der Waals surface area contributed by atoms with E-state index in [1.807, 2.05) is 31.2 Å². The molecule has 0 saturated heterocycles. The van der Waals surface area contributed by atoms with E-state index < -0.39 is 0 Å². The second-order valence-corrected chi connectivity index (χ2v) is 5.66. The second-order valence-electron chi connectivity index (χ2n) is 5.66. The van der Waals surface area contributed by atoms with E-state index in [0.29, 0.717) is 0 Å². The number of rotatable bonds is 3. The van der Waals surface area contributed by atoms with E-state index >= 15 is 0 Å². The Labute approximate surface area is 120 Å². The van der Waals surface area contributed by atoms with Crippen molar-refractivity contribution in [2.75, 3.05) is 11.9 Å². The van der Waals surface area contributed by atoms with Crippen LogP contribution in [-0.4, -0.2) is 23.8 Å². The zero-order chi connectivity index (χ0) is 14.4. The second kappa shape index (κ2) is 7.29. The van der Waals surface area contributed by atoms with Crippen LogP contribution in [0.15, 0.2) is 24.3 Å². The van der Waals surface area contributed by atoms with Crippen molar-refractivity contribution in [3.8, 4) is 0 Å². The number of urea groups is 1. The smallest absolute Gasteiger partial charge is 0.319 e. The Morgan fingerprint density at radius 2 is 2.10 bits per heavy atom. The van der Waals surface area contributed by atoms with E-state index in [-0.39, 0.29) is 24.6 Å². The van der Waals surface area contributed by atoms with E-state index in [2.05, 4.69) is 10.6 Å². The normalized spacial score (nSPS) is 22.9. The van der Waals surface area contributed by atoms with Gasteiger partial charge in [-0.15, -0.1) is 0 Å². The molecule has 0 radical (unpaired) electrons. The number of hydrogen-bond donors (Lipinski definition) is 3.